The average molecular weight is 234 g/mol. The smallest absolute Gasteiger partial charge is 0.244 e. The molecule has 4 heteroatoms. The molecule has 1 fully saturated rings. The number of carbonyl (C=O) groups is 2. The van der Waals surface area contributed by atoms with Gasteiger partial charge in [0, 0.05) is 18.7 Å². The van der Waals surface area contributed by atoms with Gasteiger partial charge in [-0.15, -0.1) is 0 Å². The summed E-state index contributed by atoms with van der Waals surface area (Å²) in [5.41, 5.74) is 1.69. The third-order valence-electron chi connectivity index (χ3n) is 3.79. The Bertz CT molecular complexity index is 396. The van der Waals surface area contributed by atoms with Crippen molar-refractivity contribution in [2.75, 3.05) is 13.1 Å². The zero-order valence-corrected chi connectivity index (χ0v) is 10.00. The van der Waals surface area contributed by atoms with E-state index in [1.807, 2.05) is 0 Å². The molecule has 0 aromatic carbocycles. The lowest BCUT2D eigenvalue weighted by Crippen LogP contribution is -2.45. The van der Waals surface area contributed by atoms with Crippen molar-refractivity contribution in [2.45, 2.75) is 38.5 Å². The Balaban J connectivity index is 1.88. The normalized spacial score (nSPS) is 25.5. The first-order valence-electron chi connectivity index (χ1n) is 6.55. The van der Waals surface area contributed by atoms with E-state index >= 15 is 0 Å². The minimum atomic E-state index is -0.0281. The predicted octanol–water partition coefficient (Wildman–Crippen LogP) is 1.18. The molecule has 92 valence electrons. The molecule has 1 heterocycles. The van der Waals surface area contributed by atoms with Crippen LogP contribution in [0.1, 0.15) is 38.5 Å². The fraction of sp³-hybridized carbons (Fsp3) is 0.692. The Labute approximate surface area is 101 Å². The number of allylic oxidation sites excluding steroid dienone is 2. The molecule has 1 aliphatic heterocycles. The van der Waals surface area contributed by atoms with E-state index in [0.717, 1.165) is 37.4 Å². The number of nitrogens with zero attached hydrogens (tertiary/aromatic N) is 1. The molecule has 0 aromatic heterocycles. The van der Waals surface area contributed by atoms with Crippen LogP contribution in [0, 0.1) is 5.92 Å². The number of carbonyl (C=O) groups excluding carboxylic acids is 2. The van der Waals surface area contributed by atoms with Gasteiger partial charge < -0.3 is 10.2 Å². The van der Waals surface area contributed by atoms with E-state index in [9.17, 15) is 9.59 Å². The van der Waals surface area contributed by atoms with Gasteiger partial charge in [0.15, 0.2) is 5.78 Å². The van der Waals surface area contributed by atoms with E-state index in [1.165, 1.54) is 12.8 Å². The van der Waals surface area contributed by atoms with Gasteiger partial charge in [-0.3, -0.25) is 9.59 Å². The number of Topliss-reactive ketones (excluding diaryl/α,β-unsaturated/α-hetero) is 1. The van der Waals surface area contributed by atoms with Crippen molar-refractivity contribution in [1.29, 1.82) is 0 Å². The highest BCUT2D eigenvalue weighted by Gasteiger charge is 2.33. The largest absolute Gasteiger partial charge is 0.363 e. The summed E-state index contributed by atoms with van der Waals surface area (Å²) in [6.07, 6.45) is 6.06. The van der Waals surface area contributed by atoms with Gasteiger partial charge in [0.05, 0.1) is 6.54 Å². The molecule has 3 rings (SSSR count). The van der Waals surface area contributed by atoms with Gasteiger partial charge in [-0.25, -0.2) is 0 Å². The van der Waals surface area contributed by atoms with Crippen molar-refractivity contribution in [1.82, 2.24) is 10.2 Å². The fourth-order valence-corrected chi connectivity index (χ4v) is 2.68. The van der Waals surface area contributed by atoms with Crippen molar-refractivity contribution >= 4 is 11.7 Å². The van der Waals surface area contributed by atoms with Gasteiger partial charge in [-0.05, 0) is 38.0 Å². The molecule has 0 bridgehead atoms. The molecular formula is C13H18N2O2. The minimum Gasteiger partial charge on any atom is -0.363 e. The molecule has 0 atom stereocenters. The summed E-state index contributed by atoms with van der Waals surface area (Å²) in [7, 11) is 0. The SMILES string of the molecule is O=C1CN(CC2CC2)C2=C(N1)C(=O)CCCC2. The van der Waals surface area contributed by atoms with Crippen LogP contribution < -0.4 is 5.32 Å². The maximum Gasteiger partial charge on any atom is 0.244 e. The van der Waals surface area contributed by atoms with Gasteiger partial charge in [-0.1, -0.05) is 0 Å². The highest BCUT2D eigenvalue weighted by atomic mass is 16.2. The number of hydrogen-bond donors (Lipinski definition) is 1. The molecule has 2 aliphatic carbocycles. The third kappa shape index (κ3) is 2.21. The molecule has 17 heavy (non-hydrogen) atoms. The molecule has 0 spiro atoms. The van der Waals surface area contributed by atoms with E-state index in [2.05, 4.69) is 10.2 Å². The highest BCUT2D eigenvalue weighted by molar-refractivity contribution is 6.01. The Morgan fingerprint density at radius 2 is 1.94 bits per heavy atom. The zero-order valence-electron chi connectivity index (χ0n) is 10.00. The van der Waals surface area contributed by atoms with E-state index < -0.39 is 0 Å². The van der Waals surface area contributed by atoms with Crippen molar-refractivity contribution in [2.24, 2.45) is 5.92 Å². The van der Waals surface area contributed by atoms with E-state index in [-0.39, 0.29) is 11.7 Å². The fourth-order valence-electron chi connectivity index (χ4n) is 2.68. The van der Waals surface area contributed by atoms with Crippen LogP contribution in [0.4, 0.5) is 0 Å². The number of nitrogens with one attached hydrogen (secondary N) is 1. The molecule has 0 radical (unpaired) electrons. The van der Waals surface area contributed by atoms with Crippen LogP contribution in [0.15, 0.2) is 11.4 Å². The zero-order chi connectivity index (χ0) is 11.8. The molecule has 1 amide bonds. The first-order valence-corrected chi connectivity index (χ1v) is 6.55. The molecular weight excluding hydrogens is 216 g/mol. The standard InChI is InChI=1S/C13H18N2O2/c16-11-4-2-1-3-10-13(11)14-12(17)8-15(10)7-9-5-6-9/h9H,1-8H2,(H,14,17). The second-order valence-corrected chi connectivity index (χ2v) is 5.32. The molecule has 0 aromatic rings. The minimum absolute atomic E-state index is 0.0281. The van der Waals surface area contributed by atoms with Crippen LogP contribution in [0.5, 0.6) is 0 Å². The van der Waals surface area contributed by atoms with Gasteiger partial charge >= 0.3 is 0 Å². The lowest BCUT2D eigenvalue weighted by molar-refractivity contribution is -0.125. The van der Waals surface area contributed by atoms with Crippen LogP contribution in [0.25, 0.3) is 0 Å². The van der Waals surface area contributed by atoms with E-state index in [0.29, 0.717) is 18.7 Å². The third-order valence-corrected chi connectivity index (χ3v) is 3.79. The summed E-state index contributed by atoms with van der Waals surface area (Å²) in [5.74, 6) is 0.832. The van der Waals surface area contributed by atoms with Gasteiger partial charge in [-0.2, -0.15) is 0 Å². The summed E-state index contributed by atoms with van der Waals surface area (Å²) in [6, 6.07) is 0. The Kier molecular flexibility index (Phi) is 2.65. The van der Waals surface area contributed by atoms with Gasteiger partial charge in [0.25, 0.3) is 0 Å². The monoisotopic (exact) mass is 234 g/mol. The number of rotatable bonds is 2. The molecule has 4 nitrogen and oxygen atoms in total. The summed E-state index contributed by atoms with van der Waals surface area (Å²) in [5, 5.41) is 2.78. The number of ketones is 1. The molecule has 0 saturated heterocycles. The molecule has 0 unspecified atom stereocenters. The highest BCUT2D eigenvalue weighted by Crippen LogP contribution is 2.33. The lowest BCUT2D eigenvalue weighted by atomic mass is 10.1. The van der Waals surface area contributed by atoms with Crippen LogP contribution >= 0.6 is 0 Å². The van der Waals surface area contributed by atoms with Crippen molar-refractivity contribution in [3.63, 3.8) is 0 Å². The summed E-state index contributed by atoms with van der Waals surface area (Å²) in [6.45, 7) is 1.39. The Morgan fingerprint density at radius 1 is 1.18 bits per heavy atom. The van der Waals surface area contributed by atoms with Gasteiger partial charge in [0.1, 0.15) is 5.70 Å². The van der Waals surface area contributed by atoms with Crippen LogP contribution in [0.3, 0.4) is 0 Å². The molecule has 3 aliphatic rings. The first-order chi connectivity index (χ1) is 8.24. The van der Waals surface area contributed by atoms with Crippen LogP contribution in [0.2, 0.25) is 0 Å². The number of amides is 1. The predicted molar refractivity (Wildman–Crippen MR) is 62.9 cm³/mol. The Morgan fingerprint density at radius 3 is 2.71 bits per heavy atom. The Hall–Kier alpha value is -1.32. The van der Waals surface area contributed by atoms with Crippen LogP contribution in [-0.2, 0) is 9.59 Å². The summed E-state index contributed by atoms with van der Waals surface area (Å²) >= 11 is 0. The first kappa shape index (κ1) is 10.8. The molecule has 1 saturated carbocycles. The molecule has 1 N–H and O–H groups in total. The van der Waals surface area contributed by atoms with Crippen molar-refractivity contribution < 1.29 is 9.59 Å². The van der Waals surface area contributed by atoms with Crippen molar-refractivity contribution in [3.8, 4) is 0 Å². The number of hydrogen-bond acceptors (Lipinski definition) is 3. The second kappa shape index (κ2) is 4.17. The summed E-state index contributed by atoms with van der Waals surface area (Å²) in [4.78, 5) is 25.7. The summed E-state index contributed by atoms with van der Waals surface area (Å²) < 4.78 is 0. The van der Waals surface area contributed by atoms with Crippen LogP contribution in [-0.4, -0.2) is 29.7 Å². The maximum atomic E-state index is 11.9. The second-order valence-electron chi connectivity index (χ2n) is 5.32. The topological polar surface area (TPSA) is 49.4 Å². The average Bonchev–Trinajstić information content (AvgIpc) is 3.09. The quantitative estimate of drug-likeness (QED) is 0.780. The lowest BCUT2D eigenvalue weighted by Gasteiger charge is -2.32. The van der Waals surface area contributed by atoms with E-state index in [4.69, 9.17) is 0 Å². The van der Waals surface area contributed by atoms with Crippen molar-refractivity contribution in [3.05, 3.63) is 11.4 Å². The van der Waals surface area contributed by atoms with E-state index in [1.54, 1.807) is 0 Å². The maximum absolute atomic E-state index is 11.9. The van der Waals surface area contributed by atoms with Gasteiger partial charge in [0.2, 0.25) is 5.91 Å².